The number of guanidine groups is 1. The van der Waals surface area contributed by atoms with Gasteiger partial charge in [-0.1, -0.05) is 6.07 Å². The van der Waals surface area contributed by atoms with E-state index in [0.29, 0.717) is 12.6 Å². The van der Waals surface area contributed by atoms with Gasteiger partial charge in [0.15, 0.2) is 5.96 Å². The minimum atomic E-state index is 0.345. The quantitative estimate of drug-likeness (QED) is 0.429. The standard InChI is InChI=1S/C21H33N5O2/c1-4-22-21(25-11-9-19(10-12-25)28-14-6-13-27-3)23-15-18-16-26-17(2)7-5-8-20(26)24-18/h5,7-8,16,19H,4,6,9-15H2,1-3H3,(H,22,23). The molecule has 1 saturated heterocycles. The van der Waals surface area contributed by atoms with Gasteiger partial charge in [0.2, 0.25) is 0 Å². The SMILES string of the molecule is CCNC(=NCc1cn2c(C)cccc2n1)N1CCC(OCCCOC)CC1. The Morgan fingerprint density at radius 1 is 1.29 bits per heavy atom. The summed E-state index contributed by atoms with van der Waals surface area (Å²) < 4.78 is 13.2. The molecule has 0 atom stereocenters. The van der Waals surface area contributed by atoms with Crippen molar-refractivity contribution >= 4 is 11.6 Å². The van der Waals surface area contributed by atoms with Gasteiger partial charge in [0.25, 0.3) is 0 Å². The first kappa shape index (κ1) is 20.6. The first-order chi connectivity index (χ1) is 13.7. The zero-order valence-electron chi connectivity index (χ0n) is 17.4. The Bertz CT molecular complexity index is 765. The number of hydrogen-bond donors (Lipinski definition) is 1. The van der Waals surface area contributed by atoms with Crippen LogP contribution >= 0.6 is 0 Å². The van der Waals surface area contributed by atoms with E-state index in [2.05, 4.69) is 40.7 Å². The van der Waals surface area contributed by atoms with Crippen molar-refractivity contribution in [2.75, 3.05) is 40.0 Å². The zero-order valence-corrected chi connectivity index (χ0v) is 17.4. The van der Waals surface area contributed by atoms with E-state index in [9.17, 15) is 0 Å². The van der Waals surface area contributed by atoms with Gasteiger partial charge in [0.05, 0.1) is 18.3 Å². The highest BCUT2D eigenvalue weighted by Crippen LogP contribution is 2.15. The van der Waals surface area contributed by atoms with Crippen molar-refractivity contribution in [2.24, 2.45) is 4.99 Å². The van der Waals surface area contributed by atoms with Crippen LogP contribution in [0.4, 0.5) is 0 Å². The Morgan fingerprint density at radius 2 is 2.11 bits per heavy atom. The number of aryl methyl sites for hydroxylation is 1. The molecule has 28 heavy (non-hydrogen) atoms. The van der Waals surface area contributed by atoms with Crippen molar-refractivity contribution in [2.45, 2.75) is 45.8 Å². The number of piperidine rings is 1. The number of rotatable bonds is 8. The molecule has 1 aliphatic heterocycles. The van der Waals surface area contributed by atoms with Gasteiger partial charge < -0.3 is 24.1 Å². The van der Waals surface area contributed by atoms with E-state index in [0.717, 1.165) is 69.4 Å². The molecular formula is C21H33N5O2. The fourth-order valence-electron chi connectivity index (χ4n) is 3.54. The van der Waals surface area contributed by atoms with E-state index in [1.165, 1.54) is 5.69 Å². The second-order valence-electron chi connectivity index (χ2n) is 7.20. The number of imidazole rings is 1. The molecule has 7 heteroatoms. The van der Waals surface area contributed by atoms with Crippen LogP contribution in [0.5, 0.6) is 0 Å². The van der Waals surface area contributed by atoms with E-state index in [-0.39, 0.29) is 0 Å². The summed E-state index contributed by atoms with van der Waals surface area (Å²) in [5, 5.41) is 3.43. The number of likely N-dealkylation sites (tertiary alicyclic amines) is 1. The summed E-state index contributed by atoms with van der Waals surface area (Å²) in [5.41, 5.74) is 3.14. The number of aromatic nitrogens is 2. The molecule has 0 aromatic carbocycles. The molecule has 3 rings (SSSR count). The largest absolute Gasteiger partial charge is 0.385 e. The van der Waals surface area contributed by atoms with E-state index in [1.54, 1.807) is 7.11 Å². The van der Waals surface area contributed by atoms with Crippen LogP contribution in [0.2, 0.25) is 0 Å². The minimum absolute atomic E-state index is 0.345. The molecule has 0 spiro atoms. The normalized spacial score (nSPS) is 16.1. The number of fused-ring (bicyclic) bond motifs is 1. The van der Waals surface area contributed by atoms with E-state index in [1.807, 2.05) is 12.1 Å². The highest BCUT2D eigenvalue weighted by Gasteiger charge is 2.21. The molecule has 1 aliphatic rings. The van der Waals surface area contributed by atoms with Crippen LogP contribution in [0.1, 0.15) is 37.6 Å². The van der Waals surface area contributed by atoms with Gasteiger partial charge >= 0.3 is 0 Å². The summed E-state index contributed by atoms with van der Waals surface area (Å²) in [6, 6.07) is 6.16. The fraction of sp³-hybridized carbons (Fsp3) is 0.619. The maximum atomic E-state index is 5.97. The highest BCUT2D eigenvalue weighted by atomic mass is 16.5. The van der Waals surface area contributed by atoms with Crippen molar-refractivity contribution in [1.29, 1.82) is 0 Å². The molecule has 2 aromatic rings. The van der Waals surface area contributed by atoms with E-state index < -0.39 is 0 Å². The van der Waals surface area contributed by atoms with Crippen molar-refractivity contribution in [3.8, 4) is 0 Å². The number of hydrogen-bond acceptors (Lipinski definition) is 4. The summed E-state index contributed by atoms with van der Waals surface area (Å²) in [5.74, 6) is 0.967. The summed E-state index contributed by atoms with van der Waals surface area (Å²) >= 11 is 0. The van der Waals surface area contributed by atoms with Crippen molar-refractivity contribution in [1.82, 2.24) is 19.6 Å². The van der Waals surface area contributed by atoms with Crippen LogP contribution in [-0.2, 0) is 16.0 Å². The van der Waals surface area contributed by atoms with Crippen LogP contribution < -0.4 is 5.32 Å². The second-order valence-corrected chi connectivity index (χ2v) is 7.20. The lowest BCUT2D eigenvalue weighted by Gasteiger charge is -2.34. The first-order valence-electron chi connectivity index (χ1n) is 10.3. The average Bonchev–Trinajstić information content (AvgIpc) is 3.14. The Kier molecular flexibility index (Phi) is 7.68. The van der Waals surface area contributed by atoms with Crippen LogP contribution in [0.15, 0.2) is 29.4 Å². The van der Waals surface area contributed by atoms with Gasteiger partial charge in [-0.15, -0.1) is 0 Å². The molecule has 0 radical (unpaired) electrons. The van der Waals surface area contributed by atoms with Gasteiger partial charge in [-0.05, 0) is 45.2 Å². The van der Waals surface area contributed by atoms with E-state index in [4.69, 9.17) is 19.5 Å². The molecule has 0 unspecified atom stereocenters. The number of nitrogens with zero attached hydrogens (tertiary/aromatic N) is 4. The van der Waals surface area contributed by atoms with Crippen LogP contribution in [-0.4, -0.2) is 66.3 Å². The number of ether oxygens (including phenoxy) is 2. The third-order valence-corrected chi connectivity index (χ3v) is 5.06. The van der Waals surface area contributed by atoms with Gasteiger partial charge in [0.1, 0.15) is 5.65 Å². The second kappa shape index (κ2) is 10.4. The van der Waals surface area contributed by atoms with Crippen molar-refractivity contribution < 1.29 is 9.47 Å². The molecule has 7 nitrogen and oxygen atoms in total. The number of aliphatic imine (C=N–C) groups is 1. The number of methoxy groups -OCH3 is 1. The summed E-state index contributed by atoms with van der Waals surface area (Å²) in [6.45, 7) is 9.10. The Morgan fingerprint density at radius 3 is 2.82 bits per heavy atom. The molecule has 2 aromatic heterocycles. The lowest BCUT2D eigenvalue weighted by Crippen LogP contribution is -2.47. The van der Waals surface area contributed by atoms with E-state index >= 15 is 0 Å². The lowest BCUT2D eigenvalue weighted by molar-refractivity contribution is 0.00990. The molecule has 0 saturated carbocycles. The van der Waals surface area contributed by atoms with Gasteiger partial charge in [0, 0.05) is 51.8 Å². The monoisotopic (exact) mass is 387 g/mol. The Balaban J connectivity index is 1.56. The maximum Gasteiger partial charge on any atom is 0.194 e. The molecule has 0 amide bonds. The predicted molar refractivity (Wildman–Crippen MR) is 112 cm³/mol. The highest BCUT2D eigenvalue weighted by molar-refractivity contribution is 5.80. The van der Waals surface area contributed by atoms with Crippen LogP contribution in [0, 0.1) is 6.92 Å². The third-order valence-electron chi connectivity index (χ3n) is 5.06. The molecule has 1 fully saturated rings. The lowest BCUT2D eigenvalue weighted by atomic mass is 10.1. The number of pyridine rings is 1. The third kappa shape index (κ3) is 5.45. The molecule has 1 N–H and O–H groups in total. The summed E-state index contributed by atoms with van der Waals surface area (Å²) in [7, 11) is 1.73. The van der Waals surface area contributed by atoms with Gasteiger partial charge in [-0.2, -0.15) is 0 Å². The molecule has 3 heterocycles. The molecule has 0 aliphatic carbocycles. The van der Waals surface area contributed by atoms with Crippen LogP contribution in [0.25, 0.3) is 5.65 Å². The number of nitrogens with one attached hydrogen (secondary N) is 1. The Labute approximate surface area is 167 Å². The topological polar surface area (TPSA) is 63.4 Å². The average molecular weight is 388 g/mol. The Hall–Kier alpha value is -2.12. The van der Waals surface area contributed by atoms with Gasteiger partial charge in [-0.3, -0.25) is 0 Å². The zero-order chi connectivity index (χ0) is 19.8. The van der Waals surface area contributed by atoms with Crippen molar-refractivity contribution in [3.63, 3.8) is 0 Å². The molecule has 154 valence electrons. The smallest absolute Gasteiger partial charge is 0.194 e. The van der Waals surface area contributed by atoms with Crippen LogP contribution in [0.3, 0.4) is 0 Å². The van der Waals surface area contributed by atoms with Crippen molar-refractivity contribution in [3.05, 3.63) is 35.8 Å². The molecular weight excluding hydrogens is 354 g/mol. The first-order valence-corrected chi connectivity index (χ1v) is 10.3. The fourth-order valence-corrected chi connectivity index (χ4v) is 3.54. The minimum Gasteiger partial charge on any atom is -0.385 e. The summed E-state index contributed by atoms with van der Waals surface area (Å²) in [6.07, 6.45) is 5.45. The predicted octanol–water partition coefficient (Wildman–Crippen LogP) is 2.63. The molecule has 0 bridgehead atoms. The summed E-state index contributed by atoms with van der Waals surface area (Å²) in [4.78, 5) is 11.9. The maximum absolute atomic E-state index is 5.97. The van der Waals surface area contributed by atoms with Gasteiger partial charge in [-0.25, -0.2) is 9.98 Å².